The predicted octanol–water partition coefficient (Wildman–Crippen LogP) is 4.09. The molecule has 0 saturated carbocycles. The molecule has 0 aromatic heterocycles. The van der Waals surface area contributed by atoms with Crippen molar-refractivity contribution in [3.63, 3.8) is 0 Å². The van der Waals surface area contributed by atoms with Crippen LogP contribution in [0.4, 0.5) is 0 Å². The third kappa shape index (κ3) is 4.72. The van der Waals surface area contributed by atoms with E-state index in [2.05, 4.69) is 24.4 Å². The van der Waals surface area contributed by atoms with Gasteiger partial charge in [0.05, 0.1) is 6.04 Å². The molecule has 1 heterocycles. The van der Waals surface area contributed by atoms with E-state index in [1.165, 1.54) is 37.7 Å². The molecule has 21 heavy (non-hydrogen) atoms. The summed E-state index contributed by atoms with van der Waals surface area (Å²) in [5, 5.41) is 3.37. The maximum absolute atomic E-state index is 6.06. The van der Waals surface area contributed by atoms with Gasteiger partial charge in [-0.2, -0.15) is 0 Å². The second-order valence-electron chi connectivity index (χ2n) is 5.79. The summed E-state index contributed by atoms with van der Waals surface area (Å²) in [5.74, 6) is 0.983. The molecule has 1 aromatic rings. The van der Waals surface area contributed by atoms with Crippen LogP contribution >= 0.6 is 0 Å². The fourth-order valence-electron chi connectivity index (χ4n) is 2.94. The maximum atomic E-state index is 6.06. The van der Waals surface area contributed by atoms with Crippen molar-refractivity contribution < 1.29 is 9.47 Å². The molecule has 2 atom stereocenters. The van der Waals surface area contributed by atoms with E-state index >= 15 is 0 Å². The summed E-state index contributed by atoms with van der Waals surface area (Å²) >= 11 is 0. The molecular weight excluding hydrogens is 262 g/mol. The van der Waals surface area contributed by atoms with Gasteiger partial charge in [0.25, 0.3) is 0 Å². The van der Waals surface area contributed by atoms with Crippen LogP contribution in [0, 0.1) is 0 Å². The first kappa shape index (κ1) is 16.3. The standard InChI is InChI=1S/C18H29NO2/c1-3-4-5-6-7-10-13-20-17-14-21-16-12-9-8-11-15(16)18(17)19-2/h8-9,11-12,17-19H,3-7,10,13-14H2,1-2H3. The van der Waals surface area contributed by atoms with Crippen molar-refractivity contribution in [2.75, 3.05) is 20.3 Å². The Morgan fingerprint density at radius 3 is 2.71 bits per heavy atom. The zero-order valence-electron chi connectivity index (χ0n) is 13.4. The topological polar surface area (TPSA) is 30.5 Å². The minimum absolute atomic E-state index is 0.112. The highest BCUT2D eigenvalue weighted by atomic mass is 16.5. The van der Waals surface area contributed by atoms with Crippen LogP contribution in [-0.4, -0.2) is 26.4 Å². The molecule has 2 rings (SSSR count). The summed E-state index contributed by atoms with van der Waals surface area (Å²) in [6.07, 6.45) is 7.88. The molecule has 1 N–H and O–H groups in total. The zero-order chi connectivity index (χ0) is 14.9. The summed E-state index contributed by atoms with van der Waals surface area (Å²) in [7, 11) is 1.99. The van der Waals surface area contributed by atoms with E-state index in [0.717, 1.165) is 18.8 Å². The van der Waals surface area contributed by atoms with Crippen molar-refractivity contribution in [3.8, 4) is 5.75 Å². The number of likely N-dealkylation sites (N-methyl/N-ethyl adjacent to an activating group) is 1. The molecular formula is C18H29NO2. The zero-order valence-corrected chi connectivity index (χ0v) is 13.4. The van der Waals surface area contributed by atoms with Crippen molar-refractivity contribution in [2.45, 2.75) is 57.6 Å². The molecule has 1 aromatic carbocycles. The maximum Gasteiger partial charge on any atom is 0.124 e. The third-order valence-electron chi connectivity index (χ3n) is 4.17. The smallest absolute Gasteiger partial charge is 0.124 e. The van der Waals surface area contributed by atoms with Gasteiger partial charge in [-0.15, -0.1) is 0 Å². The van der Waals surface area contributed by atoms with Crippen LogP contribution in [0.3, 0.4) is 0 Å². The molecule has 0 spiro atoms. The number of fused-ring (bicyclic) bond motifs is 1. The van der Waals surface area contributed by atoms with Gasteiger partial charge >= 0.3 is 0 Å². The highest BCUT2D eigenvalue weighted by molar-refractivity contribution is 5.38. The van der Waals surface area contributed by atoms with Crippen LogP contribution in [0.5, 0.6) is 5.75 Å². The Morgan fingerprint density at radius 1 is 1.14 bits per heavy atom. The minimum Gasteiger partial charge on any atom is -0.490 e. The molecule has 0 amide bonds. The molecule has 0 fully saturated rings. The molecule has 3 heteroatoms. The van der Waals surface area contributed by atoms with Crippen molar-refractivity contribution in [1.82, 2.24) is 5.32 Å². The predicted molar refractivity (Wildman–Crippen MR) is 86.9 cm³/mol. The van der Waals surface area contributed by atoms with Gasteiger partial charge in [-0.25, -0.2) is 0 Å². The van der Waals surface area contributed by atoms with Gasteiger partial charge in [0.1, 0.15) is 18.5 Å². The normalized spacial score (nSPS) is 20.9. The highest BCUT2D eigenvalue weighted by Gasteiger charge is 2.30. The Hall–Kier alpha value is -1.06. The number of benzene rings is 1. The van der Waals surface area contributed by atoms with Crippen molar-refractivity contribution in [2.24, 2.45) is 0 Å². The summed E-state index contributed by atoms with van der Waals surface area (Å²) in [4.78, 5) is 0. The van der Waals surface area contributed by atoms with Crippen LogP contribution < -0.4 is 10.1 Å². The molecule has 1 aliphatic heterocycles. The van der Waals surface area contributed by atoms with Crippen LogP contribution in [0.15, 0.2) is 24.3 Å². The van der Waals surface area contributed by atoms with E-state index in [9.17, 15) is 0 Å². The van der Waals surface area contributed by atoms with E-state index in [4.69, 9.17) is 9.47 Å². The molecule has 0 bridgehead atoms. The Bertz CT molecular complexity index is 408. The molecule has 0 aliphatic carbocycles. The lowest BCUT2D eigenvalue weighted by Gasteiger charge is -2.33. The average Bonchev–Trinajstić information content (AvgIpc) is 2.53. The summed E-state index contributed by atoms with van der Waals surface area (Å²) in [6, 6.07) is 8.46. The number of rotatable bonds is 9. The third-order valence-corrected chi connectivity index (χ3v) is 4.17. The average molecular weight is 291 g/mol. The summed E-state index contributed by atoms with van der Waals surface area (Å²) in [6.45, 7) is 3.72. The fraction of sp³-hybridized carbons (Fsp3) is 0.667. The van der Waals surface area contributed by atoms with Crippen molar-refractivity contribution in [3.05, 3.63) is 29.8 Å². The van der Waals surface area contributed by atoms with Gasteiger partial charge in [0.15, 0.2) is 0 Å². The van der Waals surface area contributed by atoms with Crippen LogP contribution in [0.1, 0.15) is 57.1 Å². The van der Waals surface area contributed by atoms with Crippen LogP contribution in [0.25, 0.3) is 0 Å². The SMILES string of the molecule is CCCCCCCCOC1COc2ccccc2C1NC. The second-order valence-corrected chi connectivity index (χ2v) is 5.79. The number of para-hydroxylation sites is 1. The number of unbranched alkanes of at least 4 members (excludes halogenated alkanes) is 5. The first-order valence-electron chi connectivity index (χ1n) is 8.37. The monoisotopic (exact) mass is 291 g/mol. The van der Waals surface area contributed by atoms with E-state index in [1.54, 1.807) is 0 Å². The number of nitrogens with one attached hydrogen (secondary N) is 1. The lowest BCUT2D eigenvalue weighted by atomic mass is 9.98. The van der Waals surface area contributed by atoms with Crippen molar-refractivity contribution in [1.29, 1.82) is 0 Å². The fourth-order valence-corrected chi connectivity index (χ4v) is 2.94. The van der Waals surface area contributed by atoms with Crippen LogP contribution in [-0.2, 0) is 4.74 Å². The minimum atomic E-state index is 0.112. The van der Waals surface area contributed by atoms with Gasteiger partial charge < -0.3 is 14.8 Å². The molecule has 3 nitrogen and oxygen atoms in total. The van der Waals surface area contributed by atoms with Gasteiger partial charge in [-0.05, 0) is 19.5 Å². The molecule has 118 valence electrons. The first-order valence-corrected chi connectivity index (χ1v) is 8.37. The van der Waals surface area contributed by atoms with Gasteiger partial charge in [0, 0.05) is 12.2 Å². The van der Waals surface area contributed by atoms with Gasteiger partial charge in [0.2, 0.25) is 0 Å². The summed E-state index contributed by atoms with van der Waals surface area (Å²) in [5.41, 5.74) is 1.21. The lowest BCUT2D eigenvalue weighted by Crippen LogP contribution is -2.39. The first-order chi connectivity index (χ1) is 10.4. The molecule has 0 saturated heterocycles. The molecule has 2 unspecified atom stereocenters. The number of ether oxygens (including phenoxy) is 2. The van der Waals surface area contributed by atoms with E-state index < -0.39 is 0 Å². The van der Waals surface area contributed by atoms with E-state index in [-0.39, 0.29) is 12.1 Å². The number of hydrogen-bond acceptors (Lipinski definition) is 3. The second kappa shape index (κ2) is 9.06. The van der Waals surface area contributed by atoms with E-state index in [1.807, 2.05) is 19.2 Å². The van der Waals surface area contributed by atoms with Crippen molar-refractivity contribution >= 4 is 0 Å². The Kier molecular flexibility index (Phi) is 7.04. The van der Waals surface area contributed by atoms with Gasteiger partial charge in [-0.1, -0.05) is 57.2 Å². The van der Waals surface area contributed by atoms with Gasteiger partial charge in [-0.3, -0.25) is 0 Å². The Morgan fingerprint density at radius 2 is 1.90 bits per heavy atom. The quantitative estimate of drug-likeness (QED) is 0.695. The highest BCUT2D eigenvalue weighted by Crippen LogP contribution is 2.32. The van der Waals surface area contributed by atoms with E-state index in [0.29, 0.717) is 6.61 Å². The van der Waals surface area contributed by atoms with Crippen LogP contribution in [0.2, 0.25) is 0 Å². The lowest BCUT2D eigenvalue weighted by molar-refractivity contribution is -0.0153. The summed E-state index contributed by atoms with van der Waals surface area (Å²) < 4.78 is 11.9. The molecule has 1 aliphatic rings. The Balaban J connectivity index is 1.74. The Labute approximate surface area is 129 Å². The largest absolute Gasteiger partial charge is 0.490 e. The molecule has 0 radical (unpaired) electrons. The number of hydrogen-bond donors (Lipinski definition) is 1.